The number of ether oxygens (including phenoxy) is 2. The SMILES string of the molecule is CCOc1cc(CNc2ccc(Cl)c(C(=O)O)c2)ccc1OC. The van der Waals surface area contributed by atoms with Crippen molar-refractivity contribution in [1.29, 1.82) is 0 Å². The molecule has 0 aliphatic carbocycles. The normalized spacial score (nSPS) is 10.2. The van der Waals surface area contributed by atoms with Crippen LogP contribution in [0.5, 0.6) is 11.5 Å². The lowest BCUT2D eigenvalue weighted by Crippen LogP contribution is -2.03. The van der Waals surface area contributed by atoms with Gasteiger partial charge in [0.25, 0.3) is 0 Å². The zero-order chi connectivity index (χ0) is 16.8. The van der Waals surface area contributed by atoms with Gasteiger partial charge in [-0.2, -0.15) is 0 Å². The van der Waals surface area contributed by atoms with Crippen LogP contribution in [0.25, 0.3) is 0 Å². The van der Waals surface area contributed by atoms with E-state index in [1.165, 1.54) is 6.07 Å². The molecule has 0 aromatic heterocycles. The number of nitrogens with one attached hydrogen (secondary N) is 1. The minimum Gasteiger partial charge on any atom is -0.493 e. The molecule has 0 radical (unpaired) electrons. The number of hydrogen-bond acceptors (Lipinski definition) is 4. The van der Waals surface area contributed by atoms with E-state index in [4.69, 9.17) is 26.2 Å². The van der Waals surface area contributed by atoms with Crippen LogP contribution in [0.3, 0.4) is 0 Å². The number of benzene rings is 2. The van der Waals surface area contributed by atoms with Gasteiger partial charge in [0.2, 0.25) is 0 Å². The Morgan fingerprint density at radius 3 is 2.65 bits per heavy atom. The van der Waals surface area contributed by atoms with Crippen LogP contribution in [0.1, 0.15) is 22.8 Å². The standard InChI is InChI=1S/C17H18ClNO4/c1-3-23-16-8-11(4-7-15(16)22-2)10-19-12-5-6-14(18)13(9-12)17(20)21/h4-9,19H,3,10H2,1-2H3,(H,20,21). The molecule has 0 aliphatic heterocycles. The summed E-state index contributed by atoms with van der Waals surface area (Å²) in [6.07, 6.45) is 0. The largest absolute Gasteiger partial charge is 0.493 e. The lowest BCUT2D eigenvalue weighted by Gasteiger charge is -2.12. The number of carboxylic acid groups (broad SMARTS) is 1. The Kier molecular flexibility index (Phi) is 5.71. The summed E-state index contributed by atoms with van der Waals surface area (Å²) in [6, 6.07) is 10.5. The fourth-order valence-corrected chi connectivity index (χ4v) is 2.30. The predicted molar refractivity (Wildman–Crippen MR) is 89.9 cm³/mol. The summed E-state index contributed by atoms with van der Waals surface area (Å²) in [4.78, 5) is 11.1. The lowest BCUT2D eigenvalue weighted by atomic mass is 10.1. The zero-order valence-electron chi connectivity index (χ0n) is 12.9. The first-order valence-electron chi connectivity index (χ1n) is 7.11. The molecule has 122 valence electrons. The van der Waals surface area contributed by atoms with Gasteiger partial charge in [0, 0.05) is 12.2 Å². The number of aromatic carboxylic acids is 1. The molecule has 0 saturated heterocycles. The van der Waals surface area contributed by atoms with Gasteiger partial charge in [0.15, 0.2) is 11.5 Å². The number of halogens is 1. The van der Waals surface area contributed by atoms with Crippen LogP contribution in [-0.4, -0.2) is 24.8 Å². The topological polar surface area (TPSA) is 67.8 Å². The number of rotatable bonds is 7. The number of carbonyl (C=O) groups is 1. The summed E-state index contributed by atoms with van der Waals surface area (Å²) in [7, 11) is 1.59. The highest BCUT2D eigenvalue weighted by atomic mass is 35.5. The third kappa shape index (κ3) is 4.29. The molecule has 0 aliphatic rings. The second-order valence-electron chi connectivity index (χ2n) is 4.77. The average molecular weight is 336 g/mol. The van der Waals surface area contributed by atoms with Crippen molar-refractivity contribution in [2.45, 2.75) is 13.5 Å². The van der Waals surface area contributed by atoms with Gasteiger partial charge in [-0.1, -0.05) is 17.7 Å². The highest BCUT2D eigenvalue weighted by molar-refractivity contribution is 6.33. The number of methoxy groups -OCH3 is 1. The van der Waals surface area contributed by atoms with E-state index >= 15 is 0 Å². The summed E-state index contributed by atoms with van der Waals surface area (Å²) in [5.74, 6) is 0.300. The van der Waals surface area contributed by atoms with Crippen LogP contribution >= 0.6 is 11.6 Å². The van der Waals surface area contributed by atoms with Gasteiger partial charge in [-0.05, 0) is 42.8 Å². The monoisotopic (exact) mass is 335 g/mol. The smallest absolute Gasteiger partial charge is 0.337 e. The molecule has 0 amide bonds. The molecule has 0 heterocycles. The van der Waals surface area contributed by atoms with Gasteiger partial charge in [0.05, 0.1) is 24.3 Å². The van der Waals surface area contributed by atoms with Crippen molar-refractivity contribution in [2.75, 3.05) is 19.0 Å². The van der Waals surface area contributed by atoms with E-state index < -0.39 is 5.97 Å². The maximum atomic E-state index is 11.1. The van der Waals surface area contributed by atoms with Crippen molar-refractivity contribution in [3.8, 4) is 11.5 Å². The molecule has 2 aromatic carbocycles. The van der Waals surface area contributed by atoms with E-state index in [-0.39, 0.29) is 10.6 Å². The van der Waals surface area contributed by atoms with Crippen molar-refractivity contribution in [3.05, 3.63) is 52.5 Å². The second kappa shape index (κ2) is 7.74. The summed E-state index contributed by atoms with van der Waals surface area (Å²) < 4.78 is 10.8. The molecule has 0 atom stereocenters. The molecular weight excluding hydrogens is 318 g/mol. The Labute approximate surface area is 139 Å². The average Bonchev–Trinajstić information content (AvgIpc) is 2.54. The molecule has 0 spiro atoms. The molecule has 6 heteroatoms. The van der Waals surface area contributed by atoms with Crippen LogP contribution in [-0.2, 0) is 6.54 Å². The molecule has 2 rings (SSSR count). The van der Waals surface area contributed by atoms with Crippen LogP contribution in [0.15, 0.2) is 36.4 Å². The Balaban J connectivity index is 2.13. The van der Waals surface area contributed by atoms with Crippen molar-refractivity contribution < 1.29 is 19.4 Å². The van der Waals surface area contributed by atoms with Gasteiger partial charge in [-0.3, -0.25) is 0 Å². The number of anilines is 1. The van der Waals surface area contributed by atoms with E-state index in [1.807, 2.05) is 25.1 Å². The fraction of sp³-hybridized carbons (Fsp3) is 0.235. The number of hydrogen-bond donors (Lipinski definition) is 2. The minimum absolute atomic E-state index is 0.0707. The van der Waals surface area contributed by atoms with Crippen molar-refractivity contribution in [3.63, 3.8) is 0 Å². The Hall–Kier alpha value is -2.40. The first-order valence-corrected chi connectivity index (χ1v) is 7.49. The van der Waals surface area contributed by atoms with E-state index in [2.05, 4.69) is 5.32 Å². The van der Waals surface area contributed by atoms with Gasteiger partial charge in [-0.25, -0.2) is 4.79 Å². The van der Waals surface area contributed by atoms with Crippen molar-refractivity contribution in [1.82, 2.24) is 0 Å². The molecule has 2 aromatic rings. The van der Waals surface area contributed by atoms with E-state index in [1.54, 1.807) is 19.2 Å². The van der Waals surface area contributed by atoms with Gasteiger partial charge >= 0.3 is 5.97 Å². The first-order chi connectivity index (χ1) is 11.0. The summed E-state index contributed by atoms with van der Waals surface area (Å²) >= 11 is 5.86. The summed E-state index contributed by atoms with van der Waals surface area (Å²) in [5.41, 5.74) is 1.74. The molecular formula is C17H18ClNO4. The van der Waals surface area contributed by atoms with Crippen molar-refractivity contribution in [2.24, 2.45) is 0 Å². The van der Waals surface area contributed by atoms with Crippen LogP contribution in [0.4, 0.5) is 5.69 Å². The molecule has 0 bridgehead atoms. The van der Waals surface area contributed by atoms with E-state index in [0.29, 0.717) is 30.3 Å². The van der Waals surface area contributed by atoms with Gasteiger partial charge in [-0.15, -0.1) is 0 Å². The third-order valence-electron chi connectivity index (χ3n) is 3.22. The fourth-order valence-electron chi connectivity index (χ4n) is 2.10. The van der Waals surface area contributed by atoms with Crippen molar-refractivity contribution >= 4 is 23.3 Å². The van der Waals surface area contributed by atoms with E-state index in [0.717, 1.165) is 5.56 Å². The second-order valence-corrected chi connectivity index (χ2v) is 5.18. The zero-order valence-corrected chi connectivity index (χ0v) is 13.7. The van der Waals surface area contributed by atoms with Crippen LogP contribution < -0.4 is 14.8 Å². The highest BCUT2D eigenvalue weighted by Crippen LogP contribution is 2.28. The third-order valence-corrected chi connectivity index (χ3v) is 3.55. The first kappa shape index (κ1) is 17.0. The Bertz CT molecular complexity index is 703. The van der Waals surface area contributed by atoms with Crippen LogP contribution in [0, 0.1) is 0 Å². The minimum atomic E-state index is -1.05. The maximum absolute atomic E-state index is 11.1. The molecule has 0 fully saturated rings. The van der Waals surface area contributed by atoms with E-state index in [9.17, 15) is 4.79 Å². The Morgan fingerprint density at radius 2 is 2.00 bits per heavy atom. The summed E-state index contributed by atoms with van der Waals surface area (Å²) in [5, 5.41) is 12.5. The number of carboxylic acids is 1. The Morgan fingerprint density at radius 1 is 1.22 bits per heavy atom. The highest BCUT2D eigenvalue weighted by Gasteiger charge is 2.10. The molecule has 5 nitrogen and oxygen atoms in total. The van der Waals surface area contributed by atoms with Gasteiger partial charge < -0.3 is 19.9 Å². The maximum Gasteiger partial charge on any atom is 0.337 e. The molecule has 2 N–H and O–H groups in total. The predicted octanol–water partition coefficient (Wildman–Crippen LogP) is 4.06. The molecule has 0 unspecified atom stereocenters. The van der Waals surface area contributed by atoms with Crippen LogP contribution in [0.2, 0.25) is 5.02 Å². The summed E-state index contributed by atoms with van der Waals surface area (Å²) in [6.45, 7) is 2.97. The quantitative estimate of drug-likeness (QED) is 0.798. The lowest BCUT2D eigenvalue weighted by molar-refractivity contribution is 0.0697. The van der Waals surface area contributed by atoms with Gasteiger partial charge in [0.1, 0.15) is 0 Å². The molecule has 23 heavy (non-hydrogen) atoms. The molecule has 0 saturated carbocycles.